The molecule has 0 fully saturated rings. The molecule has 2 aromatic heterocycles. The lowest BCUT2D eigenvalue weighted by Gasteiger charge is -2.17. The molecule has 108 valence electrons. The minimum Gasteiger partial charge on any atom is -0.363 e. The molecule has 0 aliphatic heterocycles. The van der Waals surface area contributed by atoms with Crippen LogP contribution in [0.5, 0.6) is 0 Å². The van der Waals surface area contributed by atoms with Gasteiger partial charge in [-0.3, -0.25) is 0 Å². The first-order valence-electron chi connectivity index (χ1n) is 6.55. The number of hydrogen-bond donors (Lipinski definition) is 1. The van der Waals surface area contributed by atoms with Gasteiger partial charge in [0.2, 0.25) is 0 Å². The molecule has 0 aliphatic carbocycles. The van der Waals surface area contributed by atoms with E-state index >= 15 is 0 Å². The van der Waals surface area contributed by atoms with Gasteiger partial charge in [-0.05, 0) is 22.9 Å². The summed E-state index contributed by atoms with van der Waals surface area (Å²) >= 11 is 3.43. The van der Waals surface area contributed by atoms with Crippen molar-refractivity contribution in [3.8, 4) is 0 Å². The maximum Gasteiger partial charge on any atom is 0.152 e. The van der Waals surface area contributed by atoms with Gasteiger partial charge in [-0.2, -0.15) is 0 Å². The standard InChI is InChI=1S/C13H19BrN6/c1-5-20-8-16-19-11(20)7-15-10-6-9(14)17-12(18-10)13(2,3)4/h6,8H,5,7H2,1-4H3,(H,15,17,18). The lowest BCUT2D eigenvalue weighted by Crippen LogP contribution is -2.17. The lowest BCUT2D eigenvalue weighted by atomic mass is 9.96. The summed E-state index contributed by atoms with van der Waals surface area (Å²) in [5, 5.41) is 11.3. The van der Waals surface area contributed by atoms with E-state index in [4.69, 9.17) is 0 Å². The SMILES string of the molecule is CCn1cnnc1CNc1cc(Br)nc(C(C)(C)C)n1. The number of anilines is 1. The van der Waals surface area contributed by atoms with Crippen LogP contribution >= 0.6 is 15.9 Å². The summed E-state index contributed by atoms with van der Waals surface area (Å²) in [5.74, 6) is 2.47. The van der Waals surface area contributed by atoms with Gasteiger partial charge in [-0.15, -0.1) is 10.2 Å². The highest BCUT2D eigenvalue weighted by molar-refractivity contribution is 9.10. The molecule has 0 radical (unpaired) electrons. The molecule has 0 spiro atoms. The Morgan fingerprint density at radius 3 is 2.70 bits per heavy atom. The molecular weight excluding hydrogens is 320 g/mol. The van der Waals surface area contributed by atoms with E-state index in [1.54, 1.807) is 6.33 Å². The average Bonchev–Trinajstić information content (AvgIpc) is 2.82. The molecule has 6 nitrogen and oxygen atoms in total. The molecule has 0 saturated heterocycles. The van der Waals surface area contributed by atoms with E-state index in [1.807, 2.05) is 10.6 Å². The normalized spacial score (nSPS) is 11.7. The molecule has 2 rings (SSSR count). The van der Waals surface area contributed by atoms with Crippen molar-refractivity contribution in [1.29, 1.82) is 0 Å². The first-order chi connectivity index (χ1) is 9.40. The second-order valence-electron chi connectivity index (χ2n) is 5.54. The van der Waals surface area contributed by atoms with Gasteiger partial charge in [0.1, 0.15) is 22.6 Å². The third-order valence-corrected chi connectivity index (χ3v) is 3.24. The number of aryl methyl sites for hydroxylation is 1. The van der Waals surface area contributed by atoms with Crippen molar-refractivity contribution in [2.45, 2.75) is 46.2 Å². The summed E-state index contributed by atoms with van der Waals surface area (Å²) in [7, 11) is 0. The van der Waals surface area contributed by atoms with Gasteiger partial charge in [0.05, 0.1) is 6.54 Å². The Hall–Kier alpha value is -1.50. The van der Waals surface area contributed by atoms with Crippen LogP contribution in [0.15, 0.2) is 17.0 Å². The smallest absolute Gasteiger partial charge is 0.152 e. The van der Waals surface area contributed by atoms with Crippen molar-refractivity contribution in [3.05, 3.63) is 28.6 Å². The number of aromatic nitrogens is 5. The zero-order valence-corrected chi connectivity index (χ0v) is 13.8. The molecule has 0 saturated carbocycles. The fourth-order valence-electron chi connectivity index (χ4n) is 1.69. The largest absolute Gasteiger partial charge is 0.363 e. The van der Waals surface area contributed by atoms with Gasteiger partial charge < -0.3 is 9.88 Å². The number of hydrogen-bond acceptors (Lipinski definition) is 5. The quantitative estimate of drug-likeness (QED) is 0.868. The Balaban J connectivity index is 2.16. The second-order valence-corrected chi connectivity index (χ2v) is 6.35. The Kier molecular flexibility index (Phi) is 4.37. The molecule has 0 aliphatic rings. The first kappa shape index (κ1) is 14.9. The van der Waals surface area contributed by atoms with Gasteiger partial charge in [-0.1, -0.05) is 20.8 Å². The van der Waals surface area contributed by atoms with Crippen LogP contribution in [0, 0.1) is 0 Å². The van der Waals surface area contributed by atoms with E-state index < -0.39 is 0 Å². The van der Waals surface area contributed by atoms with Crippen molar-refractivity contribution in [1.82, 2.24) is 24.7 Å². The minimum atomic E-state index is -0.0936. The number of rotatable bonds is 4. The first-order valence-corrected chi connectivity index (χ1v) is 7.35. The average molecular weight is 339 g/mol. The molecule has 2 aromatic rings. The zero-order chi connectivity index (χ0) is 14.8. The van der Waals surface area contributed by atoms with Gasteiger partial charge in [0.25, 0.3) is 0 Å². The summed E-state index contributed by atoms with van der Waals surface area (Å²) in [5.41, 5.74) is -0.0936. The van der Waals surface area contributed by atoms with Crippen LogP contribution in [-0.2, 0) is 18.5 Å². The molecule has 20 heavy (non-hydrogen) atoms. The molecule has 2 heterocycles. The fraction of sp³-hybridized carbons (Fsp3) is 0.538. The third kappa shape index (κ3) is 3.53. The van der Waals surface area contributed by atoms with Crippen LogP contribution in [-0.4, -0.2) is 24.7 Å². The van der Waals surface area contributed by atoms with E-state index in [0.29, 0.717) is 6.54 Å². The Morgan fingerprint density at radius 1 is 1.30 bits per heavy atom. The molecule has 0 atom stereocenters. The zero-order valence-electron chi connectivity index (χ0n) is 12.2. The molecule has 7 heteroatoms. The second kappa shape index (κ2) is 5.87. The van der Waals surface area contributed by atoms with Crippen LogP contribution in [0.4, 0.5) is 5.82 Å². The maximum absolute atomic E-state index is 4.55. The summed E-state index contributed by atoms with van der Waals surface area (Å²) in [4.78, 5) is 8.97. The Bertz CT molecular complexity index is 587. The number of nitrogens with zero attached hydrogens (tertiary/aromatic N) is 5. The summed E-state index contributed by atoms with van der Waals surface area (Å²) < 4.78 is 2.77. The summed E-state index contributed by atoms with van der Waals surface area (Å²) in [6.45, 7) is 9.77. The molecule has 0 amide bonds. The number of halogens is 1. The highest BCUT2D eigenvalue weighted by atomic mass is 79.9. The van der Waals surface area contributed by atoms with Gasteiger partial charge in [0, 0.05) is 18.0 Å². The third-order valence-electron chi connectivity index (χ3n) is 2.83. The summed E-state index contributed by atoms with van der Waals surface area (Å²) in [6.07, 6.45) is 1.73. The van der Waals surface area contributed by atoms with Crippen LogP contribution in [0.2, 0.25) is 0 Å². The van der Waals surface area contributed by atoms with Crippen LogP contribution in [0.25, 0.3) is 0 Å². The number of nitrogens with one attached hydrogen (secondary N) is 1. The van der Waals surface area contributed by atoms with Crippen molar-refractivity contribution >= 4 is 21.7 Å². The van der Waals surface area contributed by atoms with Gasteiger partial charge in [-0.25, -0.2) is 9.97 Å². The monoisotopic (exact) mass is 338 g/mol. The summed E-state index contributed by atoms with van der Waals surface area (Å²) in [6, 6.07) is 1.86. The minimum absolute atomic E-state index is 0.0936. The van der Waals surface area contributed by atoms with E-state index in [0.717, 1.165) is 28.6 Å². The Morgan fingerprint density at radius 2 is 2.05 bits per heavy atom. The van der Waals surface area contributed by atoms with E-state index in [1.165, 1.54) is 0 Å². The van der Waals surface area contributed by atoms with Crippen LogP contribution in [0.3, 0.4) is 0 Å². The topological polar surface area (TPSA) is 68.5 Å². The highest BCUT2D eigenvalue weighted by Crippen LogP contribution is 2.22. The molecule has 0 aromatic carbocycles. The highest BCUT2D eigenvalue weighted by Gasteiger charge is 2.18. The van der Waals surface area contributed by atoms with Crippen LogP contribution < -0.4 is 5.32 Å². The van der Waals surface area contributed by atoms with Gasteiger partial charge in [0.15, 0.2) is 5.82 Å². The van der Waals surface area contributed by atoms with Crippen molar-refractivity contribution in [2.24, 2.45) is 0 Å². The van der Waals surface area contributed by atoms with Crippen molar-refractivity contribution < 1.29 is 0 Å². The predicted octanol–water partition coefficient (Wildman–Crippen LogP) is 2.76. The predicted molar refractivity (Wildman–Crippen MR) is 81.5 cm³/mol. The van der Waals surface area contributed by atoms with E-state index in [2.05, 4.69) is 69.1 Å². The molecule has 0 bridgehead atoms. The van der Waals surface area contributed by atoms with Crippen LogP contribution in [0.1, 0.15) is 39.3 Å². The fourth-order valence-corrected chi connectivity index (χ4v) is 2.08. The lowest BCUT2D eigenvalue weighted by molar-refractivity contribution is 0.544. The molecule has 0 unspecified atom stereocenters. The maximum atomic E-state index is 4.55. The van der Waals surface area contributed by atoms with Gasteiger partial charge >= 0.3 is 0 Å². The van der Waals surface area contributed by atoms with E-state index in [-0.39, 0.29) is 5.41 Å². The van der Waals surface area contributed by atoms with E-state index in [9.17, 15) is 0 Å². The molecule has 1 N–H and O–H groups in total. The van der Waals surface area contributed by atoms with Crippen molar-refractivity contribution in [3.63, 3.8) is 0 Å². The Labute approximate surface area is 127 Å². The van der Waals surface area contributed by atoms with Crippen molar-refractivity contribution in [2.75, 3.05) is 5.32 Å². The molecular formula is C13H19BrN6.